The number of nitrogens with one attached hydrogen (secondary N) is 1. The lowest BCUT2D eigenvalue weighted by Gasteiger charge is -2.28. The Balaban J connectivity index is 1.52. The molecule has 5 heteroatoms. The molecule has 3 heterocycles. The molecule has 2 bridgehead atoms. The first-order valence-electron chi connectivity index (χ1n) is 8.01. The first kappa shape index (κ1) is 12.8. The third kappa shape index (κ3) is 2.07. The molecule has 0 amide bonds. The number of hydrogen-bond acceptors (Lipinski definition) is 5. The van der Waals surface area contributed by atoms with Crippen molar-refractivity contribution < 1.29 is 9.26 Å². The molecule has 3 aliphatic rings. The second kappa shape index (κ2) is 5.11. The zero-order valence-electron chi connectivity index (χ0n) is 12.0. The summed E-state index contributed by atoms with van der Waals surface area (Å²) in [7, 11) is 2.03. The molecule has 20 heavy (non-hydrogen) atoms. The van der Waals surface area contributed by atoms with Crippen LogP contribution in [0.4, 0.5) is 0 Å². The van der Waals surface area contributed by atoms with E-state index in [0.29, 0.717) is 30.1 Å². The van der Waals surface area contributed by atoms with Crippen molar-refractivity contribution in [1.29, 1.82) is 0 Å². The fourth-order valence-corrected chi connectivity index (χ4v) is 4.23. The smallest absolute Gasteiger partial charge is 0.231 e. The quantitative estimate of drug-likeness (QED) is 0.919. The molecule has 110 valence electrons. The topological polar surface area (TPSA) is 60.2 Å². The molecule has 1 aliphatic carbocycles. The van der Waals surface area contributed by atoms with Crippen molar-refractivity contribution in [1.82, 2.24) is 15.5 Å². The van der Waals surface area contributed by atoms with Crippen molar-refractivity contribution in [3.63, 3.8) is 0 Å². The summed E-state index contributed by atoms with van der Waals surface area (Å²) >= 11 is 0. The molecular weight excluding hydrogens is 254 g/mol. The lowest BCUT2D eigenvalue weighted by atomic mass is 9.84. The van der Waals surface area contributed by atoms with Crippen LogP contribution < -0.4 is 5.32 Å². The van der Waals surface area contributed by atoms with Gasteiger partial charge in [-0.15, -0.1) is 0 Å². The van der Waals surface area contributed by atoms with E-state index in [4.69, 9.17) is 14.2 Å². The van der Waals surface area contributed by atoms with E-state index in [0.717, 1.165) is 31.0 Å². The molecule has 5 unspecified atom stereocenters. The van der Waals surface area contributed by atoms with Crippen LogP contribution in [-0.4, -0.2) is 35.4 Å². The monoisotopic (exact) mass is 277 g/mol. The molecule has 0 aromatic carbocycles. The summed E-state index contributed by atoms with van der Waals surface area (Å²) in [5.41, 5.74) is 0. The molecular formula is C15H23N3O2. The van der Waals surface area contributed by atoms with Crippen LogP contribution in [0.3, 0.4) is 0 Å². The Morgan fingerprint density at radius 2 is 2.00 bits per heavy atom. The Bertz CT molecular complexity index is 475. The van der Waals surface area contributed by atoms with Crippen LogP contribution >= 0.6 is 0 Å². The van der Waals surface area contributed by atoms with E-state index in [1.165, 1.54) is 25.7 Å². The van der Waals surface area contributed by atoms with Crippen molar-refractivity contribution in [3.05, 3.63) is 11.7 Å². The molecule has 1 saturated carbocycles. The van der Waals surface area contributed by atoms with Crippen LogP contribution in [0.25, 0.3) is 0 Å². The van der Waals surface area contributed by atoms with Gasteiger partial charge in [0.05, 0.1) is 24.0 Å². The molecule has 0 radical (unpaired) electrons. The zero-order chi connectivity index (χ0) is 13.5. The van der Waals surface area contributed by atoms with Gasteiger partial charge in [0.2, 0.25) is 5.89 Å². The molecule has 3 fully saturated rings. The average molecular weight is 277 g/mol. The minimum atomic E-state index is 0.330. The lowest BCUT2D eigenvalue weighted by molar-refractivity contribution is 0.0996. The molecule has 5 atom stereocenters. The number of ether oxygens (including phenoxy) is 1. The Labute approximate surface area is 119 Å². The Morgan fingerprint density at radius 1 is 1.10 bits per heavy atom. The SMILES string of the molecule is CNC1CCCCC1c1nc(C2CC3CCC2O3)no1. The van der Waals surface area contributed by atoms with Gasteiger partial charge in [-0.25, -0.2) is 0 Å². The summed E-state index contributed by atoms with van der Waals surface area (Å²) in [6.07, 6.45) is 9.11. The zero-order valence-corrected chi connectivity index (χ0v) is 12.0. The average Bonchev–Trinajstić information content (AvgIpc) is 3.22. The fraction of sp³-hybridized carbons (Fsp3) is 0.867. The minimum Gasteiger partial charge on any atom is -0.374 e. The van der Waals surface area contributed by atoms with E-state index in [1.54, 1.807) is 0 Å². The van der Waals surface area contributed by atoms with Crippen molar-refractivity contribution >= 4 is 0 Å². The molecule has 5 nitrogen and oxygen atoms in total. The number of aromatic nitrogens is 2. The van der Waals surface area contributed by atoms with Gasteiger partial charge in [-0.2, -0.15) is 4.98 Å². The first-order valence-corrected chi connectivity index (χ1v) is 8.01. The van der Waals surface area contributed by atoms with Gasteiger partial charge in [0, 0.05) is 6.04 Å². The van der Waals surface area contributed by atoms with Crippen LogP contribution in [0.1, 0.15) is 68.5 Å². The van der Waals surface area contributed by atoms with Gasteiger partial charge >= 0.3 is 0 Å². The highest BCUT2D eigenvalue weighted by atomic mass is 16.5. The first-order chi connectivity index (χ1) is 9.85. The molecule has 1 aromatic rings. The molecule has 2 saturated heterocycles. The Hall–Kier alpha value is -0.940. The summed E-state index contributed by atoms with van der Waals surface area (Å²) in [6, 6.07) is 0.480. The molecule has 1 aromatic heterocycles. The molecule has 2 aliphatic heterocycles. The highest BCUT2D eigenvalue weighted by Crippen LogP contribution is 2.44. The molecule has 1 N–H and O–H groups in total. The van der Waals surface area contributed by atoms with E-state index < -0.39 is 0 Å². The van der Waals surface area contributed by atoms with Crippen molar-refractivity contribution in [2.24, 2.45) is 0 Å². The second-order valence-electron chi connectivity index (χ2n) is 6.49. The molecule has 0 spiro atoms. The van der Waals surface area contributed by atoms with E-state index in [9.17, 15) is 0 Å². The van der Waals surface area contributed by atoms with Crippen LogP contribution in [-0.2, 0) is 4.74 Å². The van der Waals surface area contributed by atoms with Gasteiger partial charge < -0.3 is 14.6 Å². The predicted molar refractivity (Wildman–Crippen MR) is 73.6 cm³/mol. The third-order valence-corrected chi connectivity index (χ3v) is 5.35. The summed E-state index contributed by atoms with van der Waals surface area (Å²) in [5.74, 6) is 2.46. The van der Waals surface area contributed by atoms with Gasteiger partial charge in [-0.3, -0.25) is 0 Å². The van der Waals surface area contributed by atoms with E-state index in [2.05, 4.69) is 10.5 Å². The summed E-state index contributed by atoms with van der Waals surface area (Å²) in [6.45, 7) is 0. The van der Waals surface area contributed by atoms with Crippen LogP contribution in [0.5, 0.6) is 0 Å². The fourth-order valence-electron chi connectivity index (χ4n) is 4.23. The Morgan fingerprint density at radius 3 is 2.75 bits per heavy atom. The maximum atomic E-state index is 5.90. The van der Waals surface area contributed by atoms with Gasteiger partial charge in [-0.1, -0.05) is 18.0 Å². The number of fused-ring (bicyclic) bond motifs is 2. The summed E-state index contributed by atoms with van der Waals surface area (Å²) in [5, 5.41) is 7.67. The largest absolute Gasteiger partial charge is 0.374 e. The summed E-state index contributed by atoms with van der Waals surface area (Å²) in [4.78, 5) is 4.74. The number of likely N-dealkylation sites (N-methyl/N-ethyl adjacent to an activating group) is 1. The van der Waals surface area contributed by atoms with Gasteiger partial charge in [-0.05, 0) is 39.2 Å². The van der Waals surface area contributed by atoms with Crippen molar-refractivity contribution in [2.75, 3.05) is 7.05 Å². The second-order valence-corrected chi connectivity index (χ2v) is 6.49. The van der Waals surface area contributed by atoms with Crippen molar-refractivity contribution in [2.45, 2.75) is 75.0 Å². The number of nitrogens with zero attached hydrogens (tertiary/aromatic N) is 2. The van der Waals surface area contributed by atoms with Gasteiger partial charge in [0.25, 0.3) is 0 Å². The van der Waals surface area contributed by atoms with Gasteiger partial charge in [0.15, 0.2) is 5.82 Å². The number of rotatable bonds is 3. The maximum absolute atomic E-state index is 5.90. The van der Waals surface area contributed by atoms with E-state index in [1.807, 2.05) is 7.05 Å². The third-order valence-electron chi connectivity index (χ3n) is 5.35. The highest BCUT2D eigenvalue weighted by Gasteiger charge is 2.44. The molecule has 4 rings (SSSR count). The standard InChI is InChI=1S/C15H23N3O2/c1-16-12-5-3-2-4-10(12)15-17-14(18-20-15)11-8-9-6-7-13(11)19-9/h9-13,16H,2-8H2,1H3. The minimum absolute atomic E-state index is 0.330. The van der Waals surface area contributed by atoms with E-state index >= 15 is 0 Å². The predicted octanol–water partition coefficient (Wildman–Crippen LogP) is 2.35. The normalized spacial score (nSPS) is 40.4. The van der Waals surface area contributed by atoms with Crippen LogP contribution in [0.15, 0.2) is 4.52 Å². The highest BCUT2D eigenvalue weighted by molar-refractivity contribution is 5.09. The lowest BCUT2D eigenvalue weighted by Crippen LogP contribution is -2.34. The van der Waals surface area contributed by atoms with E-state index in [-0.39, 0.29) is 0 Å². The van der Waals surface area contributed by atoms with Crippen LogP contribution in [0, 0.1) is 0 Å². The summed E-state index contributed by atoms with van der Waals surface area (Å²) < 4.78 is 11.5. The van der Waals surface area contributed by atoms with Crippen LogP contribution in [0.2, 0.25) is 0 Å². The van der Waals surface area contributed by atoms with Gasteiger partial charge in [0.1, 0.15) is 0 Å². The number of hydrogen-bond donors (Lipinski definition) is 1. The maximum Gasteiger partial charge on any atom is 0.231 e. The Kier molecular flexibility index (Phi) is 3.27. The van der Waals surface area contributed by atoms with Crippen molar-refractivity contribution in [3.8, 4) is 0 Å².